The molecular weight excluding hydrogens is 784 g/mol. The van der Waals surface area contributed by atoms with Gasteiger partial charge >= 0.3 is 0 Å². The largest absolute Gasteiger partial charge is 0.396 e. The molecule has 0 radical (unpaired) electrons. The molecule has 8 rings (SSSR count). The van der Waals surface area contributed by atoms with Crippen molar-refractivity contribution in [3.8, 4) is 0 Å². The molecule has 16 nitrogen and oxygen atoms in total. The highest BCUT2D eigenvalue weighted by molar-refractivity contribution is 5.26. The monoisotopic (exact) mass is 856 g/mol. The van der Waals surface area contributed by atoms with E-state index in [0.717, 1.165) is 44.9 Å². The fourth-order valence-electron chi connectivity index (χ4n) is 13.0. The third-order valence-corrected chi connectivity index (χ3v) is 16.8. The molecule has 0 aromatic heterocycles. The summed E-state index contributed by atoms with van der Waals surface area (Å²) < 4.78 is 43.3. The molecule has 4 aliphatic heterocycles. The Labute approximate surface area is 353 Å². The molecule has 8 aliphatic rings. The van der Waals surface area contributed by atoms with Crippen LogP contribution in [-0.2, 0) is 33.2 Å². The average Bonchev–Trinajstić information content (AvgIpc) is 3.77. The van der Waals surface area contributed by atoms with Gasteiger partial charge in [-0.3, -0.25) is 0 Å². The van der Waals surface area contributed by atoms with Crippen LogP contribution in [0.1, 0.15) is 98.8 Å². The van der Waals surface area contributed by atoms with Gasteiger partial charge in [0.25, 0.3) is 0 Å². The van der Waals surface area contributed by atoms with Crippen molar-refractivity contribution in [2.24, 2.45) is 40.4 Å². The van der Waals surface area contributed by atoms with Crippen molar-refractivity contribution in [3.05, 3.63) is 11.6 Å². The highest BCUT2D eigenvalue weighted by Gasteiger charge is 2.63. The van der Waals surface area contributed by atoms with Gasteiger partial charge in [0.2, 0.25) is 0 Å². The van der Waals surface area contributed by atoms with Gasteiger partial charge in [0.15, 0.2) is 18.9 Å². The van der Waals surface area contributed by atoms with Gasteiger partial charge in [0.1, 0.15) is 61.0 Å². The number of aliphatic hydroxyl groups is 9. The lowest BCUT2D eigenvalue weighted by atomic mass is 9.47. The third-order valence-electron chi connectivity index (χ3n) is 16.8. The maximum Gasteiger partial charge on any atom is 0.187 e. The number of ether oxygens (including phenoxy) is 7. The first-order valence-corrected chi connectivity index (χ1v) is 22.7. The normalized spacial score (nSPS) is 54.7. The summed E-state index contributed by atoms with van der Waals surface area (Å²) in [5.74, 6) is 2.59. The van der Waals surface area contributed by atoms with Gasteiger partial charge in [-0.05, 0) is 118 Å². The van der Waals surface area contributed by atoms with E-state index in [-0.39, 0.29) is 29.6 Å². The van der Waals surface area contributed by atoms with Crippen LogP contribution in [0, 0.1) is 40.4 Å². The van der Waals surface area contributed by atoms with Crippen molar-refractivity contribution in [2.45, 2.75) is 209 Å². The molecule has 4 heterocycles. The Bertz CT molecular complexity index is 1500. The van der Waals surface area contributed by atoms with Crippen molar-refractivity contribution in [3.63, 3.8) is 0 Å². The first-order valence-electron chi connectivity index (χ1n) is 22.7. The molecule has 0 aromatic rings. The Morgan fingerprint density at radius 1 is 0.700 bits per heavy atom. The molecule has 0 bridgehead atoms. The Balaban J connectivity index is 0.972. The smallest absolute Gasteiger partial charge is 0.187 e. The van der Waals surface area contributed by atoms with Crippen molar-refractivity contribution in [2.75, 3.05) is 13.2 Å². The zero-order valence-corrected chi connectivity index (χ0v) is 35.7. The maximum absolute atomic E-state index is 12.0. The molecule has 9 N–H and O–H groups in total. The Hall–Kier alpha value is -0.900. The molecule has 25 atom stereocenters. The molecule has 4 aliphatic carbocycles. The van der Waals surface area contributed by atoms with Gasteiger partial charge in [-0.25, -0.2) is 0 Å². The van der Waals surface area contributed by atoms with Crippen molar-refractivity contribution < 1.29 is 79.1 Å². The lowest BCUT2D eigenvalue weighted by Gasteiger charge is -2.58. The highest BCUT2D eigenvalue weighted by atomic mass is 16.8. The highest BCUT2D eigenvalue weighted by Crippen LogP contribution is 2.68. The summed E-state index contributed by atoms with van der Waals surface area (Å²) in [6, 6.07) is 0. The Kier molecular flexibility index (Phi) is 13.6. The van der Waals surface area contributed by atoms with E-state index in [1.165, 1.54) is 25.8 Å². The van der Waals surface area contributed by atoms with Gasteiger partial charge < -0.3 is 79.1 Å². The van der Waals surface area contributed by atoms with Gasteiger partial charge in [-0.15, -0.1) is 0 Å². The van der Waals surface area contributed by atoms with E-state index in [0.29, 0.717) is 48.5 Å². The quantitative estimate of drug-likeness (QED) is 0.129. The first kappa shape index (κ1) is 45.7. The second-order valence-electron chi connectivity index (χ2n) is 20.3. The van der Waals surface area contributed by atoms with Gasteiger partial charge in [-0.1, -0.05) is 32.4 Å². The zero-order valence-electron chi connectivity index (χ0n) is 35.7. The summed E-state index contributed by atoms with van der Waals surface area (Å²) in [6.45, 7) is 9.61. The molecule has 0 amide bonds. The molecule has 344 valence electrons. The van der Waals surface area contributed by atoms with Crippen LogP contribution >= 0.6 is 0 Å². The molecule has 7 fully saturated rings. The van der Waals surface area contributed by atoms with Gasteiger partial charge in [-0.2, -0.15) is 0 Å². The topological polar surface area (TPSA) is 247 Å². The van der Waals surface area contributed by atoms with E-state index in [4.69, 9.17) is 33.2 Å². The molecule has 3 saturated carbocycles. The second kappa shape index (κ2) is 17.8. The number of aliphatic hydroxyl groups excluding tert-OH is 9. The lowest BCUT2D eigenvalue weighted by Crippen LogP contribution is -2.66. The van der Waals surface area contributed by atoms with Gasteiger partial charge in [0.05, 0.1) is 37.1 Å². The summed E-state index contributed by atoms with van der Waals surface area (Å²) in [5, 5.41) is 95.3. The summed E-state index contributed by atoms with van der Waals surface area (Å²) in [5.41, 5.74) is 1.59. The molecule has 4 saturated heterocycles. The van der Waals surface area contributed by atoms with Crippen LogP contribution in [0.2, 0.25) is 0 Å². The molecule has 0 aromatic carbocycles. The minimum Gasteiger partial charge on any atom is -0.396 e. The minimum absolute atomic E-state index is 0.00961. The molecule has 16 heteroatoms. The predicted molar refractivity (Wildman–Crippen MR) is 210 cm³/mol. The van der Waals surface area contributed by atoms with Crippen LogP contribution in [0.15, 0.2) is 11.6 Å². The zero-order chi connectivity index (χ0) is 43.0. The fraction of sp³-hybridized carbons (Fsp3) is 0.955. The van der Waals surface area contributed by atoms with Crippen LogP contribution < -0.4 is 0 Å². The van der Waals surface area contributed by atoms with Crippen LogP contribution in [0.25, 0.3) is 0 Å². The van der Waals surface area contributed by atoms with Crippen LogP contribution in [0.5, 0.6) is 0 Å². The number of hydrogen-bond donors (Lipinski definition) is 9. The Morgan fingerprint density at radius 2 is 1.35 bits per heavy atom. The summed E-state index contributed by atoms with van der Waals surface area (Å²) in [4.78, 5) is 0. The number of allylic oxidation sites excluding steroid dienone is 1. The predicted octanol–water partition coefficient (Wildman–Crippen LogP) is 0.630. The van der Waals surface area contributed by atoms with E-state index in [1.807, 2.05) is 0 Å². The minimum atomic E-state index is -1.71. The number of hydrogen-bond acceptors (Lipinski definition) is 16. The first-order chi connectivity index (χ1) is 28.5. The standard InChI is InChI=1S/C44H72O16/c1-19(17-45)6-8-23-15-28-29(56-23)16-27-25-9-7-22-14-24(10-12-43(22,4)26(25)11-13-44(27,28)5)57-42-39(60-41-36(52)34(50)32(48)21(3)55-41)37(53)38(30(18-46)58-42)59-40-35(51)33(49)31(47)20(2)54-40/h7,19-21,23-42,45-53H,6,8-18H2,1-5H3/t19-,20?,21?,23?,24?,25?,26+,27?,28?,29?,30?,31?,32?,33?,34?,35?,36?,37?,38?,39?,40?,41?,42?,43?,44?/m1/s1. The maximum atomic E-state index is 12.0. The second-order valence-corrected chi connectivity index (χ2v) is 20.3. The number of rotatable bonds is 11. The van der Waals surface area contributed by atoms with E-state index in [9.17, 15) is 46.0 Å². The third kappa shape index (κ3) is 8.08. The fourth-order valence-corrected chi connectivity index (χ4v) is 13.0. The molecule has 0 spiro atoms. The van der Waals surface area contributed by atoms with Crippen LogP contribution in [0.3, 0.4) is 0 Å². The van der Waals surface area contributed by atoms with E-state index < -0.39 is 98.7 Å². The summed E-state index contributed by atoms with van der Waals surface area (Å²) in [7, 11) is 0. The van der Waals surface area contributed by atoms with Crippen molar-refractivity contribution >= 4 is 0 Å². The SMILES string of the molecule is CC1OC(OC2C(CO)OC(OC3CCC4(C)C(=CCC5C6CC7OC(CC[C@@H](C)CO)CC7C6(C)CC[C@@H]54)C3)C(OC3OC(C)C(O)C(O)C3O)C2O)C(O)C(O)C1O. The molecule has 60 heavy (non-hydrogen) atoms. The van der Waals surface area contributed by atoms with Gasteiger partial charge in [0, 0.05) is 6.61 Å². The van der Waals surface area contributed by atoms with E-state index in [2.05, 4.69) is 26.8 Å². The number of fused-ring (bicyclic) bond motifs is 7. The lowest BCUT2D eigenvalue weighted by molar-refractivity contribution is -0.388. The van der Waals surface area contributed by atoms with E-state index in [1.54, 1.807) is 0 Å². The Morgan fingerprint density at radius 3 is 1.98 bits per heavy atom. The molecular formula is C44H72O16. The van der Waals surface area contributed by atoms with Crippen molar-refractivity contribution in [1.82, 2.24) is 0 Å². The van der Waals surface area contributed by atoms with Crippen LogP contribution in [-0.4, -0.2) is 170 Å². The summed E-state index contributed by atoms with van der Waals surface area (Å²) >= 11 is 0. The van der Waals surface area contributed by atoms with E-state index >= 15 is 0 Å². The molecule has 23 unspecified atom stereocenters. The average molecular weight is 857 g/mol. The van der Waals surface area contributed by atoms with Crippen LogP contribution in [0.4, 0.5) is 0 Å². The van der Waals surface area contributed by atoms with Crippen molar-refractivity contribution in [1.29, 1.82) is 0 Å². The summed E-state index contributed by atoms with van der Waals surface area (Å²) in [6.07, 6.45) is -8.98.